The number of aromatic nitrogens is 2. The number of phenols is 1. The first-order chi connectivity index (χ1) is 12.5. The van der Waals surface area contributed by atoms with E-state index in [4.69, 9.17) is 4.42 Å². The fraction of sp³-hybridized carbons (Fsp3) is 0.368. The van der Waals surface area contributed by atoms with Crippen LogP contribution in [-0.4, -0.2) is 56.5 Å². The molecule has 2 aromatic heterocycles. The molecule has 0 saturated carbocycles. The minimum Gasteiger partial charge on any atom is -0.507 e. The van der Waals surface area contributed by atoms with Crippen molar-refractivity contribution in [3.63, 3.8) is 0 Å². The van der Waals surface area contributed by atoms with Gasteiger partial charge in [-0.25, -0.2) is 4.98 Å². The standard InChI is InChI=1S/C19H22N4O3/c1-13-15(20-12-26-13)11-22-6-8-23(9-7-22)19(25)17-10-14-16(21(17)2)4-3-5-18(14)24/h3-5,10,12,24H,6-9,11H2,1-2H3. The van der Waals surface area contributed by atoms with Gasteiger partial charge in [-0.15, -0.1) is 0 Å². The Labute approximate surface area is 151 Å². The highest BCUT2D eigenvalue weighted by atomic mass is 16.3. The second-order valence-corrected chi connectivity index (χ2v) is 6.72. The van der Waals surface area contributed by atoms with Crippen LogP contribution in [0.2, 0.25) is 0 Å². The van der Waals surface area contributed by atoms with Crippen LogP contribution in [0.15, 0.2) is 35.1 Å². The van der Waals surface area contributed by atoms with Gasteiger partial charge in [0.2, 0.25) is 0 Å². The molecule has 26 heavy (non-hydrogen) atoms. The van der Waals surface area contributed by atoms with Crippen LogP contribution in [0.25, 0.3) is 10.9 Å². The molecule has 7 heteroatoms. The van der Waals surface area contributed by atoms with Gasteiger partial charge >= 0.3 is 0 Å². The van der Waals surface area contributed by atoms with Gasteiger partial charge in [0.1, 0.15) is 17.2 Å². The van der Waals surface area contributed by atoms with Crippen molar-refractivity contribution in [2.24, 2.45) is 7.05 Å². The van der Waals surface area contributed by atoms with Gasteiger partial charge in [0.25, 0.3) is 5.91 Å². The summed E-state index contributed by atoms with van der Waals surface area (Å²) in [6, 6.07) is 7.11. The Kier molecular flexibility index (Phi) is 4.16. The lowest BCUT2D eigenvalue weighted by Gasteiger charge is -2.34. The van der Waals surface area contributed by atoms with Crippen LogP contribution >= 0.6 is 0 Å². The lowest BCUT2D eigenvalue weighted by Crippen LogP contribution is -2.48. The highest BCUT2D eigenvalue weighted by molar-refractivity contribution is 6.00. The molecule has 1 aliphatic heterocycles. The summed E-state index contributed by atoms with van der Waals surface area (Å²) < 4.78 is 7.10. The van der Waals surface area contributed by atoms with E-state index < -0.39 is 0 Å². The molecule has 4 rings (SSSR count). The van der Waals surface area contributed by atoms with Crippen molar-refractivity contribution in [3.05, 3.63) is 47.8 Å². The third-order valence-electron chi connectivity index (χ3n) is 5.16. The summed E-state index contributed by atoms with van der Waals surface area (Å²) in [4.78, 5) is 21.3. The van der Waals surface area contributed by atoms with Gasteiger partial charge in [-0.3, -0.25) is 9.69 Å². The number of carbonyl (C=O) groups is 1. The van der Waals surface area contributed by atoms with Crippen LogP contribution in [0.1, 0.15) is 21.9 Å². The van der Waals surface area contributed by atoms with Crippen molar-refractivity contribution in [1.29, 1.82) is 0 Å². The number of oxazole rings is 1. The van der Waals surface area contributed by atoms with Gasteiger partial charge in [-0.2, -0.15) is 0 Å². The number of amides is 1. The predicted octanol–water partition coefficient (Wildman–Crippen LogP) is 2.14. The molecule has 1 aliphatic rings. The molecule has 0 radical (unpaired) electrons. The predicted molar refractivity (Wildman–Crippen MR) is 97.0 cm³/mol. The first kappa shape index (κ1) is 16.7. The number of aromatic hydroxyl groups is 1. The normalized spacial score (nSPS) is 15.7. The van der Waals surface area contributed by atoms with Crippen molar-refractivity contribution in [1.82, 2.24) is 19.4 Å². The van der Waals surface area contributed by atoms with E-state index in [1.54, 1.807) is 18.2 Å². The summed E-state index contributed by atoms with van der Waals surface area (Å²) in [7, 11) is 1.86. The summed E-state index contributed by atoms with van der Waals surface area (Å²) in [5, 5.41) is 10.7. The number of hydrogen-bond acceptors (Lipinski definition) is 5. The first-order valence-electron chi connectivity index (χ1n) is 8.72. The Morgan fingerprint density at radius 3 is 2.69 bits per heavy atom. The number of benzene rings is 1. The highest BCUT2D eigenvalue weighted by Gasteiger charge is 2.25. The van der Waals surface area contributed by atoms with E-state index in [0.717, 1.165) is 36.6 Å². The van der Waals surface area contributed by atoms with Gasteiger partial charge < -0.3 is 19.0 Å². The molecule has 7 nitrogen and oxygen atoms in total. The zero-order valence-electron chi connectivity index (χ0n) is 15.0. The number of nitrogens with zero attached hydrogens (tertiary/aromatic N) is 4. The molecule has 1 aromatic carbocycles. The van der Waals surface area contributed by atoms with Crippen LogP contribution in [0.5, 0.6) is 5.75 Å². The summed E-state index contributed by atoms with van der Waals surface area (Å²) in [6.45, 7) is 5.59. The molecule has 1 N–H and O–H groups in total. The maximum Gasteiger partial charge on any atom is 0.270 e. The van der Waals surface area contributed by atoms with Crippen molar-refractivity contribution < 1.29 is 14.3 Å². The minimum absolute atomic E-state index is 0.000340. The molecule has 3 aromatic rings. The number of hydrogen-bond donors (Lipinski definition) is 1. The van der Waals surface area contributed by atoms with E-state index in [1.807, 2.05) is 29.5 Å². The molecule has 1 fully saturated rings. The Morgan fingerprint density at radius 2 is 2.04 bits per heavy atom. The second-order valence-electron chi connectivity index (χ2n) is 6.72. The van der Waals surface area contributed by atoms with Crippen LogP contribution in [-0.2, 0) is 13.6 Å². The monoisotopic (exact) mass is 354 g/mol. The Morgan fingerprint density at radius 1 is 1.27 bits per heavy atom. The molecule has 0 spiro atoms. The molecule has 3 heterocycles. The molecule has 0 aliphatic carbocycles. The van der Waals surface area contributed by atoms with Crippen molar-refractivity contribution >= 4 is 16.8 Å². The number of rotatable bonds is 3. The van der Waals surface area contributed by atoms with Crippen molar-refractivity contribution in [2.45, 2.75) is 13.5 Å². The number of aryl methyl sites for hydroxylation is 2. The maximum atomic E-state index is 13.0. The number of carbonyl (C=O) groups excluding carboxylic acids is 1. The quantitative estimate of drug-likeness (QED) is 0.780. The first-order valence-corrected chi connectivity index (χ1v) is 8.72. The summed E-state index contributed by atoms with van der Waals surface area (Å²) >= 11 is 0. The summed E-state index contributed by atoms with van der Waals surface area (Å²) in [5.74, 6) is 1.05. The van der Waals surface area contributed by atoms with Gasteiger partial charge in [0.05, 0.1) is 11.2 Å². The van der Waals surface area contributed by atoms with Gasteiger partial charge in [-0.05, 0) is 25.1 Å². The van der Waals surface area contributed by atoms with Crippen LogP contribution in [0.3, 0.4) is 0 Å². The molecule has 1 saturated heterocycles. The Bertz CT molecular complexity index is 951. The van der Waals surface area contributed by atoms with Crippen LogP contribution < -0.4 is 0 Å². The van der Waals surface area contributed by atoms with E-state index in [1.165, 1.54) is 6.39 Å². The van der Waals surface area contributed by atoms with E-state index in [2.05, 4.69) is 9.88 Å². The van der Waals surface area contributed by atoms with E-state index in [-0.39, 0.29) is 11.7 Å². The van der Waals surface area contributed by atoms with E-state index in [9.17, 15) is 9.90 Å². The topological polar surface area (TPSA) is 74.7 Å². The Balaban J connectivity index is 1.46. The fourth-order valence-electron chi connectivity index (χ4n) is 3.51. The van der Waals surface area contributed by atoms with Crippen LogP contribution in [0, 0.1) is 6.92 Å². The molecule has 0 atom stereocenters. The lowest BCUT2D eigenvalue weighted by atomic mass is 10.2. The third kappa shape index (κ3) is 2.84. The molecular weight excluding hydrogens is 332 g/mol. The minimum atomic E-state index is 0.000340. The number of piperazine rings is 1. The molecule has 0 bridgehead atoms. The van der Waals surface area contributed by atoms with E-state index in [0.29, 0.717) is 24.2 Å². The van der Waals surface area contributed by atoms with Gasteiger partial charge in [0, 0.05) is 45.2 Å². The highest BCUT2D eigenvalue weighted by Crippen LogP contribution is 2.28. The zero-order valence-corrected chi connectivity index (χ0v) is 15.0. The number of phenolic OH excluding ortho intramolecular Hbond substituents is 1. The smallest absolute Gasteiger partial charge is 0.270 e. The molecule has 0 unspecified atom stereocenters. The SMILES string of the molecule is Cc1ocnc1CN1CCN(C(=O)c2cc3c(O)cccc3n2C)CC1. The number of fused-ring (bicyclic) bond motifs is 1. The van der Waals surface area contributed by atoms with Crippen molar-refractivity contribution in [2.75, 3.05) is 26.2 Å². The third-order valence-corrected chi connectivity index (χ3v) is 5.16. The van der Waals surface area contributed by atoms with Crippen molar-refractivity contribution in [3.8, 4) is 5.75 Å². The molecule has 1 amide bonds. The average molecular weight is 354 g/mol. The second kappa shape index (κ2) is 6.49. The molecular formula is C19H22N4O3. The fourth-order valence-corrected chi connectivity index (χ4v) is 3.51. The summed E-state index contributed by atoms with van der Waals surface area (Å²) in [5.41, 5.74) is 2.41. The zero-order chi connectivity index (χ0) is 18.3. The van der Waals surface area contributed by atoms with Crippen LogP contribution in [0.4, 0.5) is 0 Å². The van der Waals surface area contributed by atoms with Gasteiger partial charge in [0.15, 0.2) is 6.39 Å². The largest absolute Gasteiger partial charge is 0.507 e. The Hall–Kier alpha value is -2.80. The van der Waals surface area contributed by atoms with Gasteiger partial charge in [-0.1, -0.05) is 6.07 Å². The molecule has 136 valence electrons. The maximum absolute atomic E-state index is 13.0. The van der Waals surface area contributed by atoms with E-state index >= 15 is 0 Å². The lowest BCUT2D eigenvalue weighted by molar-refractivity contribution is 0.0618. The summed E-state index contributed by atoms with van der Waals surface area (Å²) in [6.07, 6.45) is 1.47. The average Bonchev–Trinajstić information content (AvgIpc) is 3.20.